The Morgan fingerprint density at radius 1 is 1.40 bits per heavy atom. The predicted octanol–water partition coefficient (Wildman–Crippen LogP) is 3.13. The highest BCUT2D eigenvalue weighted by atomic mass is 79.9. The van der Waals surface area contributed by atoms with Crippen LogP contribution in [0.3, 0.4) is 0 Å². The van der Waals surface area contributed by atoms with Crippen molar-refractivity contribution in [2.24, 2.45) is 0 Å². The number of hydrogen-bond acceptors (Lipinski definition) is 3. The summed E-state index contributed by atoms with van der Waals surface area (Å²) in [6.07, 6.45) is 0.683. The molecule has 20 heavy (non-hydrogen) atoms. The number of halogens is 1. The van der Waals surface area contributed by atoms with Gasteiger partial charge in [-0.1, -0.05) is 19.1 Å². The van der Waals surface area contributed by atoms with E-state index in [0.717, 1.165) is 9.86 Å². The van der Waals surface area contributed by atoms with E-state index in [1.165, 1.54) is 4.90 Å². The highest BCUT2D eigenvalue weighted by Gasteiger charge is 2.21. The van der Waals surface area contributed by atoms with Crippen molar-refractivity contribution in [3.05, 3.63) is 34.5 Å². The molecule has 5 nitrogen and oxygen atoms in total. The van der Waals surface area contributed by atoms with Crippen molar-refractivity contribution in [1.82, 2.24) is 4.90 Å². The van der Waals surface area contributed by atoms with Crippen LogP contribution in [-0.2, 0) is 4.79 Å². The first-order valence-electron chi connectivity index (χ1n) is 6.22. The van der Waals surface area contributed by atoms with Gasteiger partial charge in [-0.15, -0.1) is 0 Å². The van der Waals surface area contributed by atoms with Crippen molar-refractivity contribution in [2.45, 2.75) is 13.3 Å². The average Bonchev–Trinajstić information content (AvgIpc) is 2.82. The zero-order valence-electron chi connectivity index (χ0n) is 10.9. The fourth-order valence-electron chi connectivity index (χ4n) is 1.97. The fraction of sp³-hybridized carbons (Fsp3) is 0.286. The number of amides is 1. The molecule has 0 fully saturated rings. The smallest absolute Gasteiger partial charge is 0.323 e. The minimum absolute atomic E-state index is 0.154. The van der Waals surface area contributed by atoms with Gasteiger partial charge in [-0.2, -0.15) is 0 Å². The number of rotatable bonds is 5. The second-order valence-electron chi connectivity index (χ2n) is 4.39. The van der Waals surface area contributed by atoms with E-state index in [2.05, 4.69) is 15.9 Å². The van der Waals surface area contributed by atoms with Crippen LogP contribution in [0.15, 0.2) is 33.2 Å². The highest BCUT2D eigenvalue weighted by Crippen LogP contribution is 2.27. The number of benzene rings is 1. The van der Waals surface area contributed by atoms with Gasteiger partial charge in [0.2, 0.25) is 0 Å². The first kappa shape index (κ1) is 14.6. The molecule has 0 radical (unpaired) electrons. The van der Waals surface area contributed by atoms with E-state index in [4.69, 9.17) is 9.52 Å². The van der Waals surface area contributed by atoms with E-state index < -0.39 is 11.9 Å². The molecular formula is C14H14BrNO4. The zero-order valence-corrected chi connectivity index (χ0v) is 12.5. The summed E-state index contributed by atoms with van der Waals surface area (Å²) in [5.41, 5.74) is 0.586. The molecule has 0 aliphatic carbocycles. The summed E-state index contributed by atoms with van der Waals surface area (Å²) in [6.45, 7) is 1.94. The van der Waals surface area contributed by atoms with Crippen LogP contribution in [-0.4, -0.2) is 35.0 Å². The summed E-state index contributed by atoms with van der Waals surface area (Å²) >= 11 is 3.35. The number of carboxylic acid groups (broad SMARTS) is 1. The van der Waals surface area contributed by atoms with E-state index >= 15 is 0 Å². The van der Waals surface area contributed by atoms with Crippen molar-refractivity contribution in [3.63, 3.8) is 0 Å². The van der Waals surface area contributed by atoms with Crippen molar-refractivity contribution in [1.29, 1.82) is 0 Å². The lowest BCUT2D eigenvalue weighted by Gasteiger charge is -2.18. The standard InChI is InChI=1S/C14H14BrNO4/c1-2-6-16(8-12(17)18)14(19)11-7-9-4-3-5-10(15)13(9)20-11/h3-5,7H,2,6,8H2,1H3,(H,17,18). The molecule has 0 aliphatic rings. The monoisotopic (exact) mass is 339 g/mol. The van der Waals surface area contributed by atoms with Crippen LogP contribution in [0, 0.1) is 0 Å². The zero-order chi connectivity index (χ0) is 14.7. The lowest BCUT2D eigenvalue weighted by atomic mass is 10.2. The van der Waals surface area contributed by atoms with Gasteiger partial charge in [0, 0.05) is 11.9 Å². The SMILES string of the molecule is CCCN(CC(=O)O)C(=O)c1cc2cccc(Br)c2o1. The van der Waals surface area contributed by atoms with Gasteiger partial charge in [-0.05, 0) is 34.5 Å². The average molecular weight is 340 g/mol. The first-order valence-corrected chi connectivity index (χ1v) is 7.01. The van der Waals surface area contributed by atoms with Crippen molar-refractivity contribution in [3.8, 4) is 0 Å². The number of furan rings is 1. The summed E-state index contributed by atoms with van der Waals surface area (Å²) in [4.78, 5) is 24.4. The summed E-state index contributed by atoms with van der Waals surface area (Å²) in [5, 5.41) is 9.66. The maximum absolute atomic E-state index is 12.3. The summed E-state index contributed by atoms with van der Waals surface area (Å²) in [6, 6.07) is 7.13. The molecule has 0 unspecified atom stereocenters. The molecule has 0 atom stereocenters. The lowest BCUT2D eigenvalue weighted by Crippen LogP contribution is -2.36. The van der Waals surface area contributed by atoms with Crippen molar-refractivity contribution >= 4 is 38.8 Å². The molecule has 106 valence electrons. The van der Waals surface area contributed by atoms with Crippen LogP contribution >= 0.6 is 15.9 Å². The number of carbonyl (C=O) groups excluding carboxylic acids is 1. The Bertz CT molecular complexity index is 650. The van der Waals surface area contributed by atoms with Gasteiger partial charge in [0.15, 0.2) is 5.76 Å². The molecule has 0 spiro atoms. The number of fused-ring (bicyclic) bond motifs is 1. The molecule has 1 heterocycles. The number of para-hydroxylation sites is 1. The third-order valence-electron chi connectivity index (χ3n) is 2.81. The third-order valence-corrected chi connectivity index (χ3v) is 3.44. The number of carboxylic acids is 1. The van der Waals surface area contributed by atoms with E-state index in [0.29, 0.717) is 18.5 Å². The van der Waals surface area contributed by atoms with Crippen LogP contribution in [0.2, 0.25) is 0 Å². The van der Waals surface area contributed by atoms with E-state index in [-0.39, 0.29) is 12.3 Å². The van der Waals surface area contributed by atoms with Crippen LogP contribution in [0.5, 0.6) is 0 Å². The van der Waals surface area contributed by atoms with Crippen LogP contribution < -0.4 is 0 Å². The van der Waals surface area contributed by atoms with Crippen molar-refractivity contribution < 1.29 is 19.1 Å². The quantitative estimate of drug-likeness (QED) is 0.908. The molecule has 6 heteroatoms. The Labute approximate surface area is 124 Å². The van der Waals surface area contributed by atoms with E-state index in [1.807, 2.05) is 25.1 Å². The molecule has 1 aromatic heterocycles. The molecule has 1 amide bonds. The minimum Gasteiger partial charge on any atom is -0.480 e. The fourth-order valence-corrected chi connectivity index (χ4v) is 2.44. The number of aliphatic carboxylic acids is 1. The first-order chi connectivity index (χ1) is 9.52. The van der Waals surface area contributed by atoms with Crippen LogP contribution in [0.4, 0.5) is 0 Å². The second-order valence-corrected chi connectivity index (χ2v) is 5.24. The van der Waals surface area contributed by atoms with E-state index in [1.54, 1.807) is 6.07 Å². The maximum atomic E-state index is 12.3. The molecule has 1 aromatic carbocycles. The van der Waals surface area contributed by atoms with E-state index in [9.17, 15) is 9.59 Å². The Morgan fingerprint density at radius 2 is 2.15 bits per heavy atom. The molecule has 0 saturated carbocycles. The minimum atomic E-state index is -1.04. The molecule has 2 rings (SSSR count). The van der Waals surface area contributed by atoms with Gasteiger partial charge in [-0.3, -0.25) is 9.59 Å². The predicted molar refractivity (Wildman–Crippen MR) is 77.7 cm³/mol. The number of nitrogens with zero attached hydrogens (tertiary/aromatic N) is 1. The van der Waals surface area contributed by atoms with Gasteiger partial charge in [-0.25, -0.2) is 0 Å². The van der Waals surface area contributed by atoms with Gasteiger partial charge in [0.25, 0.3) is 5.91 Å². The van der Waals surface area contributed by atoms with Crippen LogP contribution in [0.25, 0.3) is 11.0 Å². The summed E-state index contributed by atoms with van der Waals surface area (Å²) in [7, 11) is 0. The van der Waals surface area contributed by atoms with Crippen molar-refractivity contribution in [2.75, 3.05) is 13.1 Å². The highest BCUT2D eigenvalue weighted by molar-refractivity contribution is 9.10. The Balaban J connectivity index is 2.33. The Hall–Kier alpha value is -1.82. The third kappa shape index (κ3) is 3.01. The second kappa shape index (κ2) is 6.09. The van der Waals surface area contributed by atoms with Gasteiger partial charge in [0.1, 0.15) is 12.1 Å². The molecule has 0 aliphatic heterocycles. The summed E-state index contributed by atoms with van der Waals surface area (Å²) in [5.74, 6) is -1.29. The number of hydrogen-bond donors (Lipinski definition) is 1. The molecule has 1 N–H and O–H groups in total. The number of carbonyl (C=O) groups is 2. The largest absolute Gasteiger partial charge is 0.480 e. The van der Waals surface area contributed by atoms with Gasteiger partial charge >= 0.3 is 5.97 Å². The molecular weight excluding hydrogens is 326 g/mol. The lowest BCUT2D eigenvalue weighted by molar-refractivity contribution is -0.137. The Kier molecular flexibility index (Phi) is 4.44. The molecule has 0 bridgehead atoms. The molecule has 0 saturated heterocycles. The Morgan fingerprint density at radius 3 is 2.75 bits per heavy atom. The van der Waals surface area contributed by atoms with Crippen LogP contribution in [0.1, 0.15) is 23.9 Å². The normalized spacial score (nSPS) is 10.7. The van der Waals surface area contributed by atoms with Gasteiger partial charge in [0.05, 0.1) is 4.47 Å². The summed E-state index contributed by atoms with van der Waals surface area (Å²) < 4.78 is 6.30. The molecule has 2 aromatic rings. The van der Waals surface area contributed by atoms with Gasteiger partial charge < -0.3 is 14.4 Å². The maximum Gasteiger partial charge on any atom is 0.323 e. The topological polar surface area (TPSA) is 70.8 Å².